The van der Waals surface area contributed by atoms with Crippen molar-refractivity contribution in [1.29, 1.82) is 0 Å². The number of guanidine groups is 1. The molecule has 0 aliphatic carbocycles. The van der Waals surface area contributed by atoms with Gasteiger partial charge >= 0.3 is 0 Å². The van der Waals surface area contributed by atoms with Gasteiger partial charge in [0, 0.05) is 43.3 Å². The van der Waals surface area contributed by atoms with Crippen molar-refractivity contribution in [3.8, 4) is 11.5 Å². The minimum Gasteiger partial charge on any atom is -0.497 e. The monoisotopic (exact) mass is 391 g/mol. The molecule has 2 aromatic rings. The molecule has 0 radical (unpaired) electrons. The van der Waals surface area contributed by atoms with Crippen LogP contribution in [0.1, 0.15) is 11.7 Å². The van der Waals surface area contributed by atoms with Gasteiger partial charge in [0.1, 0.15) is 17.6 Å². The summed E-state index contributed by atoms with van der Waals surface area (Å²) >= 11 is 1.64. The Morgan fingerprint density at radius 1 is 1.30 bits per heavy atom. The molecule has 0 saturated carbocycles. The lowest BCUT2D eigenvalue weighted by atomic mass is 10.1. The average molecular weight is 391 g/mol. The zero-order valence-corrected chi connectivity index (χ0v) is 16.4. The molecule has 1 aliphatic rings. The van der Waals surface area contributed by atoms with Crippen molar-refractivity contribution in [2.45, 2.75) is 6.10 Å². The van der Waals surface area contributed by atoms with Crippen molar-refractivity contribution in [3.63, 3.8) is 0 Å². The fourth-order valence-electron chi connectivity index (χ4n) is 2.98. The SMILES string of the molecule is COc1ccc(OC)c(C(O)CN=C(N)N2CCN(c3nccs3)CC2)c1. The maximum absolute atomic E-state index is 10.5. The van der Waals surface area contributed by atoms with Gasteiger partial charge in [-0.2, -0.15) is 0 Å². The second-order valence-electron chi connectivity index (χ2n) is 6.11. The molecular weight excluding hydrogens is 366 g/mol. The average Bonchev–Trinajstić information content (AvgIpc) is 3.26. The molecule has 2 heterocycles. The van der Waals surface area contributed by atoms with Crippen LogP contribution in [0.25, 0.3) is 0 Å². The first-order valence-corrected chi connectivity index (χ1v) is 9.59. The van der Waals surface area contributed by atoms with Gasteiger partial charge in [-0.15, -0.1) is 11.3 Å². The minimum absolute atomic E-state index is 0.155. The number of aromatic nitrogens is 1. The Labute approximate surface area is 162 Å². The molecule has 1 fully saturated rings. The molecule has 3 rings (SSSR count). The van der Waals surface area contributed by atoms with Crippen molar-refractivity contribution in [3.05, 3.63) is 35.3 Å². The number of piperazine rings is 1. The standard InChI is InChI=1S/C18H25N5O3S/c1-25-13-3-4-16(26-2)14(11-13)15(24)12-21-17(19)22-6-8-23(9-7-22)18-20-5-10-27-18/h3-5,10-11,15,24H,6-9,12H2,1-2H3,(H2,19,21). The molecule has 1 saturated heterocycles. The lowest BCUT2D eigenvalue weighted by molar-refractivity contribution is 0.181. The zero-order valence-electron chi connectivity index (χ0n) is 15.5. The van der Waals surface area contributed by atoms with Gasteiger partial charge in [-0.25, -0.2) is 4.98 Å². The second kappa shape index (κ2) is 8.92. The van der Waals surface area contributed by atoms with E-state index in [0.29, 0.717) is 23.0 Å². The summed E-state index contributed by atoms with van der Waals surface area (Å²) in [6, 6.07) is 5.30. The molecular formula is C18H25N5O3S. The van der Waals surface area contributed by atoms with Gasteiger partial charge in [0.2, 0.25) is 0 Å². The van der Waals surface area contributed by atoms with E-state index < -0.39 is 6.10 Å². The van der Waals surface area contributed by atoms with E-state index in [-0.39, 0.29) is 6.54 Å². The molecule has 9 heteroatoms. The number of benzene rings is 1. The summed E-state index contributed by atoms with van der Waals surface area (Å²) in [5, 5.41) is 13.5. The van der Waals surface area contributed by atoms with Crippen LogP contribution in [0.2, 0.25) is 0 Å². The van der Waals surface area contributed by atoms with Crippen molar-refractivity contribution >= 4 is 22.4 Å². The minimum atomic E-state index is -0.829. The third kappa shape index (κ3) is 4.61. The summed E-state index contributed by atoms with van der Waals surface area (Å²) in [7, 11) is 3.15. The first-order valence-electron chi connectivity index (χ1n) is 8.71. The van der Waals surface area contributed by atoms with E-state index in [4.69, 9.17) is 15.2 Å². The lowest BCUT2D eigenvalue weighted by Gasteiger charge is -2.35. The van der Waals surface area contributed by atoms with E-state index >= 15 is 0 Å². The van der Waals surface area contributed by atoms with Crippen LogP contribution in [0.3, 0.4) is 0 Å². The Morgan fingerprint density at radius 3 is 2.70 bits per heavy atom. The van der Waals surface area contributed by atoms with E-state index in [9.17, 15) is 5.11 Å². The molecule has 1 unspecified atom stereocenters. The molecule has 3 N–H and O–H groups in total. The molecule has 1 aromatic heterocycles. The number of hydrogen-bond donors (Lipinski definition) is 2. The number of nitrogens with zero attached hydrogens (tertiary/aromatic N) is 4. The molecule has 1 aliphatic heterocycles. The van der Waals surface area contributed by atoms with Crippen LogP contribution in [-0.4, -0.2) is 67.9 Å². The molecule has 0 amide bonds. The highest BCUT2D eigenvalue weighted by molar-refractivity contribution is 7.13. The number of anilines is 1. The van der Waals surface area contributed by atoms with Gasteiger partial charge in [0.15, 0.2) is 11.1 Å². The summed E-state index contributed by atoms with van der Waals surface area (Å²) in [5.41, 5.74) is 6.77. The van der Waals surface area contributed by atoms with E-state index in [1.165, 1.54) is 0 Å². The zero-order chi connectivity index (χ0) is 19.2. The van der Waals surface area contributed by atoms with E-state index in [0.717, 1.165) is 31.3 Å². The molecule has 1 aromatic carbocycles. The number of aliphatic imine (C=N–C) groups is 1. The molecule has 8 nitrogen and oxygen atoms in total. The topological polar surface area (TPSA) is 96.4 Å². The highest BCUT2D eigenvalue weighted by Crippen LogP contribution is 2.29. The Balaban J connectivity index is 1.59. The normalized spacial score (nSPS) is 16.3. The van der Waals surface area contributed by atoms with Gasteiger partial charge in [0.25, 0.3) is 0 Å². The molecule has 27 heavy (non-hydrogen) atoms. The summed E-state index contributed by atoms with van der Waals surface area (Å²) in [6.45, 7) is 3.38. The number of thiazole rings is 1. The van der Waals surface area contributed by atoms with Gasteiger partial charge < -0.3 is 30.1 Å². The maximum Gasteiger partial charge on any atom is 0.191 e. The fraction of sp³-hybridized carbons (Fsp3) is 0.444. The second-order valence-corrected chi connectivity index (χ2v) is 6.98. The van der Waals surface area contributed by atoms with Crippen LogP contribution in [0.15, 0.2) is 34.8 Å². The molecule has 0 spiro atoms. The smallest absolute Gasteiger partial charge is 0.191 e. The van der Waals surface area contributed by atoms with Crippen LogP contribution in [0.4, 0.5) is 5.13 Å². The summed E-state index contributed by atoms with van der Waals surface area (Å²) in [5.74, 6) is 1.68. The van der Waals surface area contributed by atoms with Crippen molar-refractivity contribution < 1.29 is 14.6 Å². The first-order chi connectivity index (χ1) is 13.1. The van der Waals surface area contributed by atoms with Crippen molar-refractivity contribution in [1.82, 2.24) is 9.88 Å². The Bertz CT molecular complexity index is 760. The Morgan fingerprint density at radius 2 is 2.07 bits per heavy atom. The Kier molecular flexibility index (Phi) is 6.36. The number of ether oxygens (including phenoxy) is 2. The number of rotatable bonds is 6. The largest absolute Gasteiger partial charge is 0.497 e. The first kappa shape index (κ1) is 19.2. The molecule has 146 valence electrons. The highest BCUT2D eigenvalue weighted by atomic mass is 32.1. The van der Waals surface area contributed by atoms with Crippen molar-refractivity contribution in [2.24, 2.45) is 10.7 Å². The van der Waals surface area contributed by atoms with E-state index in [1.54, 1.807) is 43.8 Å². The number of aliphatic hydroxyl groups is 1. The van der Waals surface area contributed by atoms with Crippen LogP contribution < -0.4 is 20.1 Å². The van der Waals surface area contributed by atoms with Crippen LogP contribution in [0, 0.1) is 0 Å². The van der Waals surface area contributed by atoms with Crippen LogP contribution in [0.5, 0.6) is 11.5 Å². The van der Waals surface area contributed by atoms with Gasteiger partial charge in [-0.1, -0.05) is 0 Å². The quantitative estimate of drug-likeness (QED) is 0.566. The van der Waals surface area contributed by atoms with Crippen molar-refractivity contribution in [2.75, 3.05) is 51.8 Å². The predicted octanol–water partition coefficient (Wildman–Crippen LogP) is 1.33. The number of aliphatic hydroxyl groups excluding tert-OH is 1. The summed E-state index contributed by atoms with van der Waals surface area (Å²) in [4.78, 5) is 13.0. The summed E-state index contributed by atoms with van der Waals surface area (Å²) < 4.78 is 10.5. The third-order valence-electron chi connectivity index (χ3n) is 4.52. The van der Waals surface area contributed by atoms with E-state index in [2.05, 4.69) is 14.9 Å². The number of hydrogen-bond acceptors (Lipinski definition) is 7. The third-order valence-corrected chi connectivity index (χ3v) is 5.35. The van der Waals surface area contributed by atoms with E-state index in [1.807, 2.05) is 16.5 Å². The molecule has 0 bridgehead atoms. The van der Waals surface area contributed by atoms with Gasteiger partial charge in [-0.05, 0) is 18.2 Å². The fourth-order valence-corrected chi connectivity index (χ4v) is 3.67. The number of methoxy groups -OCH3 is 2. The maximum atomic E-state index is 10.5. The van der Waals surface area contributed by atoms with Gasteiger partial charge in [-0.3, -0.25) is 4.99 Å². The van der Waals surface area contributed by atoms with Crippen LogP contribution >= 0.6 is 11.3 Å². The lowest BCUT2D eigenvalue weighted by Crippen LogP contribution is -2.51. The number of nitrogens with two attached hydrogens (primary N) is 1. The van der Waals surface area contributed by atoms with Gasteiger partial charge in [0.05, 0.1) is 20.8 Å². The predicted molar refractivity (Wildman–Crippen MR) is 107 cm³/mol. The highest BCUT2D eigenvalue weighted by Gasteiger charge is 2.20. The summed E-state index contributed by atoms with van der Waals surface area (Å²) in [6.07, 6.45) is 0.987. The Hall–Kier alpha value is -2.52. The van der Waals surface area contributed by atoms with Crippen LogP contribution in [-0.2, 0) is 0 Å². The molecule has 1 atom stereocenters.